The fourth-order valence-electron chi connectivity index (χ4n) is 4.47. The monoisotopic (exact) mass is 500 g/mol. The first-order chi connectivity index (χ1) is 17.3. The van der Waals surface area contributed by atoms with Crippen molar-refractivity contribution >= 4 is 26.7 Å². The third-order valence-electron chi connectivity index (χ3n) is 6.65. The molecule has 0 spiro atoms. The molecule has 0 unspecified atom stereocenters. The predicted molar refractivity (Wildman–Crippen MR) is 146 cm³/mol. The van der Waals surface area contributed by atoms with Gasteiger partial charge in [-0.1, -0.05) is 54.1 Å². The van der Waals surface area contributed by atoms with Gasteiger partial charge in [0.1, 0.15) is 12.1 Å². The first kappa shape index (κ1) is 24.4. The lowest BCUT2D eigenvalue weighted by atomic mass is 10.0. The largest absolute Gasteiger partial charge is 0.365 e. The third kappa shape index (κ3) is 5.27. The van der Waals surface area contributed by atoms with E-state index in [1.807, 2.05) is 18.2 Å². The normalized spacial score (nSPS) is 14.0. The van der Waals surface area contributed by atoms with Crippen LogP contribution in [0.5, 0.6) is 0 Å². The number of hydrogen-bond acceptors (Lipinski definition) is 5. The number of sulfonamides is 1. The number of fused-ring (bicyclic) bond motifs is 1. The van der Waals surface area contributed by atoms with E-state index in [0.29, 0.717) is 13.1 Å². The fourth-order valence-corrected chi connectivity index (χ4v) is 5.97. The van der Waals surface area contributed by atoms with Crippen LogP contribution in [0, 0.1) is 6.92 Å². The highest BCUT2D eigenvalue weighted by Crippen LogP contribution is 2.33. The number of benzene rings is 3. The summed E-state index contributed by atoms with van der Waals surface area (Å²) in [6.45, 7) is 6.67. The van der Waals surface area contributed by atoms with Crippen molar-refractivity contribution in [1.29, 1.82) is 0 Å². The molecule has 7 heteroatoms. The lowest BCUT2D eigenvalue weighted by Crippen LogP contribution is -2.37. The number of nitrogens with one attached hydrogen (secondary N) is 1. The number of aryl methyl sites for hydroxylation is 1. The van der Waals surface area contributed by atoms with Gasteiger partial charge in [0.15, 0.2) is 0 Å². The molecular formula is C29H32N4O2S. The van der Waals surface area contributed by atoms with Crippen molar-refractivity contribution in [1.82, 2.24) is 14.3 Å². The zero-order valence-electron chi connectivity index (χ0n) is 21.0. The highest BCUT2D eigenvalue weighted by atomic mass is 32.2. The second kappa shape index (κ2) is 9.99. The molecule has 186 valence electrons. The van der Waals surface area contributed by atoms with Crippen LogP contribution < -0.4 is 5.32 Å². The fraction of sp³-hybridized carbons (Fsp3) is 0.310. The minimum absolute atomic E-state index is 0.126. The Morgan fingerprint density at radius 1 is 0.944 bits per heavy atom. The van der Waals surface area contributed by atoms with Crippen molar-refractivity contribution in [3.05, 3.63) is 89.7 Å². The molecule has 1 saturated carbocycles. The number of aromatic nitrogens is 2. The predicted octanol–water partition coefficient (Wildman–Crippen LogP) is 5.92. The molecule has 6 nitrogen and oxygen atoms in total. The lowest BCUT2D eigenvalue weighted by Gasteiger charge is -2.24. The van der Waals surface area contributed by atoms with Gasteiger partial charge in [0.25, 0.3) is 0 Å². The minimum Gasteiger partial charge on any atom is -0.365 e. The Labute approximate surface area is 213 Å². The molecule has 1 N–H and O–H groups in total. The number of nitrogens with zero attached hydrogens (tertiary/aromatic N) is 3. The third-order valence-corrected chi connectivity index (χ3v) is 8.93. The van der Waals surface area contributed by atoms with Crippen molar-refractivity contribution < 1.29 is 8.42 Å². The lowest BCUT2D eigenvalue weighted by molar-refractivity contribution is 0.394. The molecular weight excluding hydrogens is 468 g/mol. The number of anilines is 1. The van der Waals surface area contributed by atoms with Gasteiger partial charge in [-0.05, 0) is 74.1 Å². The van der Waals surface area contributed by atoms with Crippen LogP contribution in [0.3, 0.4) is 0 Å². The summed E-state index contributed by atoms with van der Waals surface area (Å²) in [5, 5.41) is 4.00. The molecule has 0 saturated heterocycles. The van der Waals surface area contributed by atoms with E-state index in [1.165, 1.54) is 11.1 Å². The summed E-state index contributed by atoms with van der Waals surface area (Å²) in [5.74, 6) is 0.794. The molecule has 0 amide bonds. The Bertz CT molecular complexity index is 1500. The van der Waals surface area contributed by atoms with E-state index in [4.69, 9.17) is 0 Å². The van der Waals surface area contributed by atoms with Crippen molar-refractivity contribution in [2.45, 2.75) is 58.0 Å². The van der Waals surface area contributed by atoms with E-state index in [2.05, 4.69) is 70.7 Å². The van der Waals surface area contributed by atoms with Gasteiger partial charge in [0.05, 0.1) is 10.8 Å². The average molecular weight is 501 g/mol. The Morgan fingerprint density at radius 2 is 1.69 bits per heavy atom. The standard InChI is InChI=1S/C29H32N4O2S/c1-20(2)36(34,35)33(26-11-12-26)18-23-8-5-9-24(15-23)25-10-13-28-27(16-25)29(32-19-31-28)30-17-22-7-4-6-21(3)14-22/h4-10,13-16,19-20,26H,11-12,17-18H2,1-3H3,(H,30,31,32). The molecule has 1 aliphatic rings. The van der Waals surface area contributed by atoms with E-state index in [-0.39, 0.29) is 6.04 Å². The summed E-state index contributed by atoms with van der Waals surface area (Å²) in [6.07, 6.45) is 3.46. The van der Waals surface area contributed by atoms with Gasteiger partial charge in [-0.15, -0.1) is 0 Å². The van der Waals surface area contributed by atoms with Crippen LogP contribution in [-0.4, -0.2) is 34.0 Å². The molecule has 1 fully saturated rings. The second-order valence-corrected chi connectivity index (χ2v) is 12.3. The zero-order chi connectivity index (χ0) is 25.3. The van der Waals surface area contributed by atoms with Gasteiger partial charge in [-0.3, -0.25) is 0 Å². The molecule has 1 aromatic heterocycles. The van der Waals surface area contributed by atoms with Crippen LogP contribution in [0.4, 0.5) is 5.82 Å². The van der Waals surface area contributed by atoms with Crippen LogP contribution in [-0.2, 0) is 23.1 Å². The van der Waals surface area contributed by atoms with Crippen molar-refractivity contribution in [2.24, 2.45) is 0 Å². The van der Waals surface area contributed by atoms with Crippen LogP contribution in [0.1, 0.15) is 43.4 Å². The molecule has 36 heavy (non-hydrogen) atoms. The Hall–Kier alpha value is -3.29. The van der Waals surface area contributed by atoms with E-state index in [9.17, 15) is 8.42 Å². The van der Waals surface area contributed by atoms with Gasteiger partial charge >= 0.3 is 0 Å². The molecule has 4 aromatic rings. The Morgan fingerprint density at radius 3 is 2.44 bits per heavy atom. The summed E-state index contributed by atoms with van der Waals surface area (Å²) in [7, 11) is -3.31. The zero-order valence-corrected chi connectivity index (χ0v) is 21.8. The topological polar surface area (TPSA) is 75.2 Å². The van der Waals surface area contributed by atoms with Gasteiger partial charge in [-0.25, -0.2) is 18.4 Å². The summed E-state index contributed by atoms with van der Waals surface area (Å²) in [4.78, 5) is 8.96. The summed E-state index contributed by atoms with van der Waals surface area (Å²) in [6, 6.07) is 22.9. The summed E-state index contributed by atoms with van der Waals surface area (Å²) >= 11 is 0. The maximum absolute atomic E-state index is 12.9. The molecule has 0 atom stereocenters. The van der Waals surface area contributed by atoms with Crippen molar-refractivity contribution in [2.75, 3.05) is 5.32 Å². The molecule has 0 bridgehead atoms. The molecule has 0 aliphatic heterocycles. The smallest absolute Gasteiger partial charge is 0.216 e. The van der Waals surface area contributed by atoms with E-state index in [0.717, 1.165) is 46.3 Å². The molecule has 1 heterocycles. The number of hydrogen-bond donors (Lipinski definition) is 1. The maximum atomic E-state index is 12.9. The van der Waals surface area contributed by atoms with Gasteiger partial charge in [0, 0.05) is 24.5 Å². The minimum atomic E-state index is -3.31. The first-order valence-corrected chi connectivity index (χ1v) is 14.0. The molecule has 3 aromatic carbocycles. The molecule has 5 rings (SSSR count). The van der Waals surface area contributed by atoms with Gasteiger partial charge in [-0.2, -0.15) is 4.31 Å². The summed E-state index contributed by atoms with van der Waals surface area (Å²) in [5.41, 5.74) is 6.38. The Kier molecular flexibility index (Phi) is 6.77. The Balaban J connectivity index is 1.42. The van der Waals surface area contributed by atoms with Crippen LogP contribution in [0.15, 0.2) is 73.1 Å². The van der Waals surface area contributed by atoms with Crippen LogP contribution in [0.25, 0.3) is 22.0 Å². The summed E-state index contributed by atoms with van der Waals surface area (Å²) < 4.78 is 27.6. The van der Waals surface area contributed by atoms with Crippen LogP contribution in [0.2, 0.25) is 0 Å². The van der Waals surface area contributed by atoms with Crippen LogP contribution >= 0.6 is 0 Å². The highest BCUT2D eigenvalue weighted by molar-refractivity contribution is 7.89. The molecule has 0 radical (unpaired) electrons. The second-order valence-electron chi connectivity index (χ2n) is 9.87. The van der Waals surface area contributed by atoms with E-state index < -0.39 is 15.3 Å². The highest BCUT2D eigenvalue weighted by Gasteiger charge is 2.38. The van der Waals surface area contributed by atoms with E-state index in [1.54, 1.807) is 24.5 Å². The van der Waals surface area contributed by atoms with Crippen molar-refractivity contribution in [3.8, 4) is 11.1 Å². The average Bonchev–Trinajstić information content (AvgIpc) is 3.71. The van der Waals surface area contributed by atoms with E-state index >= 15 is 0 Å². The quantitative estimate of drug-likeness (QED) is 0.309. The number of rotatable bonds is 9. The van der Waals surface area contributed by atoms with Crippen molar-refractivity contribution in [3.63, 3.8) is 0 Å². The SMILES string of the molecule is Cc1cccc(CNc2ncnc3ccc(-c4cccc(CN(C5CC5)S(=O)(=O)C(C)C)c4)cc23)c1. The van der Waals surface area contributed by atoms with Gasteiger partial charge < -0.3 is 5.32 Å². The van der Waals surface area contributed by atoms with Gasteiger partial charge in [0.2, 0.25) is 10.0 Å². The first-order valence-electron chi connectivity index (χ1n) is 12.5. The maximum Gasteiger partial charge on any atom is 0.216 e. The molecule has 1 aliphatic carbocycles.